The van der Waals surface area contributed by atoms with Gasteiger partial charge in [-0.2, -0.15) is 0 Å². The van der Waals surface area contributed by atoms with E-state index >= 15 is 0 Å². The Morgan fingerprint density at radius 2 is 1.82 bits per heavy atom. The second-order valence-electron chi connectivity index (χ2n) is 4.22. The van der Waals surface area contributed by atoms with Crippen LogP contribution in [0.4, 0.5) is 0 Å². The maximum absolute atomic E-state index is 5.19. The summed E-state index contributed by atoms with van der Waals surface area (Å²) in [5, 5.41) is 3.56. The molecule has 96 valence electrons. The normalized spacial score (nSPS) is 14.4. The van der Waals surface area contributed by atoms with E-state index in [1.54, 1.807) is 14.2 Å². The van der Waals surface area contributed by atoms with Crippen LogP contribution in [0.2, 0.25) is 0 Å². The van der Waals surface area contributed by atoms with Crippen LogP contribution in [0.15, 0.2) is 24.3 Å². The van der Waals surface area contributed by atoms with E-state index < -0.39 is 0 Å². The molecule has 0 saturated carbocycles. The monoisotopic (exact) mass is 237 g/mol. The van der Waals surface area contributed by atoms with Gasteiger partial charge in [0.2, 0.25) is 0 Å². The van der Waals surface area contributed by atoms with Gasteiger partial charge in [-0.3, -0.25) is 0 Å². The van der Waals surface area contributed by atoms with Gasteiger partial charge in [0.15, 0.2) is 0 Å². The summed E-state index contributed by atoms with van der Waals surface area (Å²) in [6, 6.07) is 8.89. The van der Waals surface area contributed by atoms with Crippen molar-refractivity contribution in [2.24, 2.45) is 0 Å². The molecule has 17 heavy (non-hydrogen) atoms. The molecule has 1 aromatic rings. The van der Waals surface area contributed by atoms with Crippen molar-refractivity contribution in [2.45, 2.75) is 32.4 Å². The molecule has 0 spiro atoms. The van der Waals surface area contributed by atoms with Gasteiger partial charge < -0.3 is 14.8 Å². The van der Waals surface area contributed by atoms with Crippen LogP contribution in [-0.4, -0.2) is 26.9 Å². The fourth-order valence-corrected chi connectivity index (χ4v) is 1.83. The van der Waals surface area contributed by atoms with Gasteiger partial charge in [-0.15, -0.1) is 0 Å². The Morgan fingerprint density at radius 1 is 1.18 bits per heavy atom. The van der Waals surface area contributed by atoms with E-state index in [1.807, 2.05) is 12.1 Å². The van der Waals surface area contributed by atoms with Crippen molar-refractivity contribution < 1.29 is 9.47 Å². The molecule has 1 unspecified atom stereocenters. The lowest BCUT2D eigenvalue weighted by molar-refractivity contribution is 0.159. The van der Waals surface area contributed by atoms with Gasteiger partial charge in [-0.05, 0) is 31.0 Å². The third-order valence-corrected chi connectivity index (χ3v) is 2.96. The average molecular weight is 237 g/mol. The van der Waals surface area contributed by atoms with Crippen LogP contribution in [0.5, 0.6) is 5.75 Å². The zero-order valence-corrected chi connectivity index (χ0v) is 11.2. The highest BCUT2D eigenvalue weighted by Crippen LogP contribution is 2.18. The third kappa shape index (κ3) is 4.36. The maximum atomic E-state index is 5.19. The summed E-state index contributed by atoms with van der Waals surface area (Å²) < 4.78 is 10.3. The van der Waals surface area contributed by atoms with Crippen molar-refractivity contribution in [3.63, 3.8) is 0 Å². The number of rotatable bonds is 7. The number of benzene rings is 1. The molecule has 0 radical (unpaired) electrons. The van der Waals surface area contributed by atoms with Crippen molar-refractivity contribution in [3.05, 3.63) is 29.8 Å². The Hall–Kier alpha value is -1.06. The first-order chi connectivity index (χ1) is 8.21. The van der Waals surface area contributed by atoms with Gasteiger partial charge >= 0.3 is 0 Å². The van der Waals surface area contributed by atoms with Crippen LogP contribution < -0.4 is 10.1 Å². The summed E-state index contributed by atoms with van der Waals surface area (Å²) in [6.07, 6.45) is 1.06. The molecule has 0 fully saturated rings. The maximum Gasteiger partial charge on any atom is 0.118 e. The predicted octanol–water partition coefficient (Wildman–Crippen LogP) is 2.77. The highest BCUT2D eigenvalue weighted by molar-refractivity contribution is 5.28. The first-order valence-corrected chi connectivity index (χ1v) is 6.10. The Balaban J connectivity index is 2.58. The van der Waals surface area contributed by atoms with E-state index in [4.69, 9.17) is 9.47 Å². The quantitative estimate of drug-likeness (QED) is 0.791. The Bertz CT molecular complexity index is 311. The highest BCUT2D eigenvalue weighted by atomic mass is 16.5. The predicted molar refractivity (Wildman–Crippen MR) is 70.5 cm³/mol. The number of methoxy groups -OCH3 is 2. The van der Waals surface area contributed by atoms with Crippen LogP contribution in [0.3, 0.4) is 0 Å². The lowest BCUT2D eigenvalue weighted by Gasteiger charge is -2.22. The lowest BCUT2D eigenvalue weighted by Crippen LogP contribution is -2.34. The van der Waals surface area contributed by atoms with Crippen molar-refractivity contribution in [1.82, 2.24) is 5.32 Å². The summed E-state index contributed by atoms with van der Waals surface area (Å²) in [6.45, 7) is 5.08. The molecule has 1 N–H and O–H groups in total. The molecular weight excluding hydrogens is 214 g/mol. The molecule has 3 heteroatoms. The second-order valence-corrected chi connectivity index (χ2v) is 4.22. The number of ether oxygens (including phenoxy) is 2. The molecular formula is C14H23NO2. The smallest absolute Gasteiger partial charge is 0.118 e. The summed E-state index contributed by atoms with van der Waals surface area (Å²) >= 11 is 0. The zero-order chi connectivity index (χ0) is 12.7. The van der Waals surface area contributed by atoms with Crippen LogP contribution in [0, 0.1) is 0 Å². The minimum absolute atomic E-state index is 0.320. The van der Waals surface area contributed by atoms with Crippen molar-refractivity contribution in [2.75, 3.05) is 20.8 Å². The summed E-state index contributed by atoms with van der Waals surface area (Å²) in [5.74, 6) is 0.893. The fourth-order valence-electron chi connectivity index (χ4n) is 1.83. The SMILES string of the molecule is CCC(COC)N[C@@H](C)c1ccc(OC)cc1. The average Bonchev–Trinajstić information content (AvgIpc) is 2.38. The standard InChI is InChI=1S/C14H23NO2/c1-5-13(10-16-3)15-11(2)12-6-8-14(17-4)9-7-12/h6-9,11,13,15H,5,10H2,1-4H3/t11-,13?/m0/s1. The third-order valence-electron chi connectivity index (χ3n) is 2.96. The van der Waals surface area contributed by atoms with E-state index in [9.17, 15) is 0 Å². The van der Waals surface area contributed by atoms with Crippen LogP contribution >= 0.6 is 0 Å². The number of hydrogen-bond acceptors (Lipinski definition) is 3. The molecule has 0 aliphatic heterocycles. The lowest BCUT2D eigenvalue weighted by atomic mass is 10.1. The molecule has 0 saturated heterocycles. The minimum Gasteiger partial charge on any atom is -0.497 e. The molecule has 2 atom stereocenters. The van der Waals surface area contributed by atoms with Crippen molar-refractivity contribution in [3.8, 4) is 5.75 Å². The molecule has 0 heterocycles. The topological polar surface area (TPSA) is 30.5 Å². The summed E-state index contributed by atoms with van der Waals surface area (Å²) in [4.78, 5) is 0. The van der Waals surface area contributed by atoms with Crippen LogP contribution in [0.1, 0.15) is 31.9 Å². The summed E-state index contributed by atoms with van der Waals surface area (Å²) in [7, 11) is 3.42. The molecule has 1 rings (SSSR count). The Labute approximate surface area is 104 Å². The van der Waals surface area contributed by atoms with Crippen LogP contribution in [0.25, 0.3) is 0 Å². The van der Waals surface area contributed by atoms with Gasteiger partial charge in [0, 0.05) is 19.2 Å². The zero-order valence-electron chi connectivity index (χ0n) is 11.2. The molecule has 0 aliphatic carbocycles. The molecule has 0 aromatic heterocycles. The van der Waals surface area contributed by atoms with Gasteiger partial charge in [-0.25, -0.2) is 0 Å². The highest BCUT2D eigenvalue weighted by Gasteiger charge is 2.11. The van der Waals surface area contributed by atoms with Gasteiger partial charge in [-0.1, -0.05) is 19.1 Å². The molecule has 3 nitrogen and oxygen atoms in total. The Morgan fingerprint density at radius 3 is 2.29 bits per heavy atom. The van der Waals surface area contributed by atoms with Crippen molar-refractivity contribution >= 4 is 0 Å². The fraction of sp³-hybridized carbons (Fsp3) is 0.571. The largest absolute Gasteiger partial charge is 0.497 e. The van der Waals surface area contributed by atoms with E-state index in [0.29, 0.717) is 12.1 Å². The second kappa shape index (κ2) is 7.30. The first kappa shape index (κ1) is 14.0. The van der Waals surface area contributed by atoms with Crippen LogP contribution in [-0.2, 0) is 4.74 Å². The molecule has 1 aromatic carbocycles. The van der Waals surface area contributed by atoms with E-state index in [-0.39, 0.29) is 0 Å². The summed E-state index contributed by atoms with van der Waals surface area (Å²) in [5.41, 5.74) is 1.26. The molecule has 0 bridgehead atoms. The van der Waals surface area contributed by atoms with E-state index in [2.05, 4.69) is 31.3 Å². The van der Waals surface area contributed by atoms with Gasteiger partial charge in [0.1, 0.15) is 5.75 Å². The minimum atomic E-state index is 0.320. The first-order valence-electron chi connectivity index (χ1n) is 6.10. The molecule has 0 amide bonds. The van der Waals surface area contributed by atoms with Gasteiger partial charge in [0.05, 0.1) is 13.7 Å². The Kier molecular flexibility index (Phi) is 6.01. The van der Waals surface area contributed by atoms with Gasteiger partial charge in [0.25, 0.3) is 0 Å². The van der Waals surface area contributed by atoms with E-state index in [1.165, 1.54) is 5.56 Å². The number of hydrogen-bond donors (Lipinski definition) is 1. The van der Waals surface area contributed by atoms with Crippen molar-refractivity contribution in [1.29, 1.82) is 0 Å². The van der Waals surface area contributed by atoms with E-state index in [0.717, 1.165) is 18.8 Å². The number of nitrogens with one attached hydrogen (secondary N) is 1. The molecule has 0 aliphatic rings.